The summed E-state index contributed by atoms with van der Waals surface area (Å²) >= 11 is 0. The monoisotopic (exact) mass is 565 g/mol. The summed E-state index contributed by atoms with van der Waals surface area (Å²) in [5.41, 5.74) is 0.176. The third-order valence-electron chi connectivity index (χ3n) is 5.35. The lowest BCUT2D eigenvalue weighted by Crippen LogP contribution is -2.23. The van der Waals surface area contributed by atoms with E-state index in [9.17, 15) is 26.0 Å². The lowest BCUT2D eigenvalue weighted by Gasteiger charge is -2.13. The molecule has 0 spiro atoms. The smallest absolute Gasteiger partial charge is 0.416 e. The van der Waals surface area contributed by atoms with Crippen molar-refractivity contribution in [1.29, 1.82) is 0 Å². The van der Waals surface area contributed by atoms with Crippen LogP contribution in [-0.4, -0.2) is 18.2 Å². The van der Waals surface area contributed by atoms with Crippen LogP contribution in [0.15, 0.2) is 71.8 Å². The first-order valence-corrected chi connectivity index (χ1v) is 13.9. The summed E-state index contributed by atoms with van der Waals surface area (Å²) in [5, 5.41) is 5.24. The Labute approximate surface area is 225 Å². The van der Waals surface area contributed by atoms with Crippen molar-refractivity contribution >= 4 is 20.9 Å². The Morgan fingerprint density at radius 2 is 1.67 bits per heavy atom. The molecule has 0 unspecified atom stereocenters. The number of sulfonamides is 1. The highest BCUT2D eigenvalue weighted by Gasteiger charge is 2.30. The van der Waals surface area contributed by atoms with Crippen LogP contribution in [0.4, 0.5) is 17.6 Å². The Morgan fingerprint density at radius 1 is 1.00 bits per heavy atom. The molecule has 0 radical (unpaired) electrons. The maximum absolute atomic E-state index is 13.9. The molecule has 3 aromatic carbocycles. The highest BCUT2D eigenvalue weighted by Crippen LogP contribution is 2.31. The zero-order chi connectivity index (χ0) is 28.8. The first-order valence-electron chi connectivity index (χ1n) is 12.4. The average Bonchev–Trinajstić information content (AvgIpc) is 3.25. The van der Waals surface area contributed by atoms with Crippen molar-refractivity contribution in [2.45, 2.75) is 58.3 Å². The molecule has 0 saturated heterocycles. The SMILES string of the molecule is CC(C)Cn1ncc2cc(Oc3ccc(F)cc3CNS(=O)(=O)c3ccc(C(F)(F)F)cc3)ccc21.CCC. The number of nitrogens with zero attached hydrogens (tertiary/aromatic N) is 2. The summed E-state index contributed by atoms with van der Waals surface area (Å²) in [6, 6.07) is 12.2. The topological polar surface area (TPSA) is 73.2 Å². The minimum absolute atomic E-state index is 0.209. The summed E-state index contributed by atoms with van der Waals surface area (Å²) in [6.45, 7) is 8.84. The largest absolute Gasteiger partial charge is 0.457 e. The lowest BCUT2D eigenvalue weighted by atomic mass is 10.2. The molecule has 0 saturated carbocycles. The van der Waals surface area contributed by atoms with E-state index in [4.69, 9.17) is 4.74 Å². The van der Waals surface area contributed by atoms with E-state index in [0.717, 1.165) is 35.6 Å². The number of halogens is 4. The van der Waals surface area contributed by atoms with Crippen LogP contribution in [0.1, 0.15) is 45.2 Å². The van der Waals surface area contributed by atoms with Gasteiger partial charge in [0.25, 0.3) is 0 Å². The average molecular weight is 566 g/mol. The van der Waals surface area contributed by atoms with Crippen LogP contribution in [0.5, 0.6) is 11.5 Å². The van der Waals surface area contributed by atoms with Gasteiger partial charge >= 0.3 is 6.18 Å². The zero-order valence-electron chi connectivity index (χ0n) is 22.1. The minimum atomic E-state index is -4.58. The first-order chi connectivity index (χ1) is 18.3. The fourth-order valence-corrected chi connectivity index (χ4v) is 4.62. The van der Waals surface area contributed by atoms with Crippen LogP contribution in [0.25, 0.3) is 10.9 Å². The third-order valence-corrected chi connectivity index (χ3v) is 6.76. The van der Waals surface area contributed by atoms with Gasteiger partial charge in [-0.05, 0) is 66.6 Å². The van der Waals surface area contributed by atoms with E-state index in [1.807, 2.05) is 10.7 Å². The van der Waals surface area contributed by atoms with Gasteiger partial charge in [0, 0.05) is 24.0 Å². The molecule has 0 atom stereocenters. The zero-order valence-corrected chi connectivity index (χ0v) is 22.9. The molecule has 4 rings (SSSR count). The number of benzene rings is 3. The molecule has 0 fully saturated rings. The molecule has 0 bridgehead atoms. The van der Waals surface area contributed by atoms with E-state index in [1.54, 1.807) is 18.3 Å². The van der Waals surface area contributed by atoms with Crippen molar-refractivity contribution in [1.82, 2.24) is 14.5 Å². The maximum Gasteiger partial charge on any atom is 0.416 e. The van der Waals surface area contributed by atoms with Gasteiger partial charge in [0.2, 0.25) is 10.0 Å². The number of rotatable bonds is 8. The second-order valence-corrected chi connectivity index (χ2v) is 11.1. The molecular formula is C28H31F4N3O3S. The van der Waals surface area contributed by atoms with Gasteiger partial charge in [-0.1, -0.05) is 34.1 Å². The number of fused-ring (bicyclic) bond motifs is 1. The number of alkyl halides is 3. The first kappa shape index (κ1) is 30.1. The normalized spacial score (nSPS) is 11.9. The maximum atomic E-state index is 13.9. The van der Waals surface area contributed by atoms with E-state index in [0.29, 0.717) is 23.8 Å². The van der Waals surface area contributed by atoms with Crippen molar-refractivity contribution in [2.75, 3.05) is 0 Å². The molecule has 1 aromatic heterocycles. The minimum Gasteiger partial charge on any atom is -0.457 e. The molecule has 0 aliphatic rings. The lowest BCUT2D eigenvalue weighted by molar-refractivity contribution is -0.137. The molecular weight excluding hydrogens is 534 g/mol. The number of hydrogen-bond donors (Lipinski definition) is 1. The summed E-state index contributed by atoms with van der Waals surface area (Å²) < 4.78 is 87.6. The second kappa shape index (κ2) is 12.6. The fourth-order valence-electron chi connectivity index (χ4n) is 3.61. The molecule has 39 heavy (non-hydrogen) atoms. The van der Waals surface area contributed by atoms with Crippen LogP contribution >= 0.6 is 0 Å². The van der Waals surface area contributed by atoms with Crippen molar-refractivity contribution in [3.8, 4) is 11.5 Å². The Kier molecular flexibility index (Phi) is 9.73. The van der Waals surface area contributed by atoms with Crippen LogP contribution in [0, 0.1) is 11.7 Å². The van der Waals surface area contributed by atoms with Crippen LogP contribution in [0.3, 0.4) is 0 Å². The Hall–Kier alpha value is -3.44. The van der Waals surface area contributed by atoms with Gasteiger partial charge in [0.15, 0.2) is 0 Å². The number of hydrogen-bond acceptors (Lipinski definition) is 4. The van der Waals surface area contributed by atoms with Gasteiger partial charge in [-0.2, -0.15) is 18.3 Å². The van der Waals surface area contributed by atoms with Gasteiger partial charge < -0.3 is 4.74 Å². The van der Waals surface area contributed by atoms with E-state index in [-0.39, 0.29) is 22.8 Å². The van der Waals surface area contributed by atoms with Crippen molar-refractivity contribution in [3.05, 3.63) is 83.8 Å². The van der Waals surface area contributed by atoms with E-state index < -0.39 is 27.6 Å². The van der Waals surface area contributed by atoms with Crippen LogP contribution in [-0.2, 0) is 29.3 Å². The number of aromatic nitrogens is 2. The number of ether oxygens (including phenoxy) is 1. The molecule has 1 heterocycles. The van der Waals surface area contributed by atoms with Crippen molar-refractivity contribution < 1.29 is 30.7 Å². The Balaban J connectivity index is 0.00000134. The van der Waals surface area contributed by atoms with Crippen LogP contribution < -0.4 is 9.46 Å². The highest BCUT2D eigenvalue weighted by atomic mass is 32.2. The van der Waals surface area contributed by atoms with Crippen LogP contribution in [0.2, 0.25) is 0 Å². The Morgan fingerprint density at radius 3 is 2.28 bits per heavy atom. The summed E-state index contributed by atoms with van der Waals surface area (Å²) in [6.07, 6.45) is -1.62. The highest BCUT2D eigenvalue weighted by molar-refractivity contribution is 7.89. The molecule has 11 heteroatoms. The van der Waals surface area contributed by atoms with Gasteiger partial charge in [0.1, 0.15) is 17.3 Å². The quantitative estimate of drug-likeness (QED) is 0.224. The molecule has 0 aliphatic heterocycles. The van der Waals surface area contributed by atoms with E-state index in [1.165, 1.54) is 18.6 Å². The molecule has 0 aliphatic carbocycles. The predicted octanol–water partition coefficient (Wildman–Crippen LogP) is 7.54. The van der Waals surface area contributed by atoms with Gasteiger partial charge in [-0.25, -0.2) is 17.5 Å². The van der Waals surface area contributed by atoms with Gasteiger partial charge in [-0.15, -0.1) is 0 Å². The molecule has 4 aromatic rings. The molecule has 0 amide bonds. The Bertz CT molecular complexity index is 1500. The van der Waals surface area contributed by atoms with Crippen molar-refractivity contribution in [2.24, 2.45) is 5.92 Å². The molecule has 210 valence electrons. The molecule has 6 nitrogen and oxygen atoms in total. The van der Waals surface area contributed by atoms with Crippen molar-refractivity contribution in [3.63, 3.8) is 0 Å². The predicted molar refractivity (Wildman–Crippen MR) is 142 cm³/mol. The molecule has 1 N–H and O–H groups in total. The van der Waals surface area contributed by atoms with Gasteiger partial charge in [0.05, 0.1) is 22.2 Å². The van der Waals surface area contributed by atoms with Gasteiger partial charge in [-0.3, -0.25) is 4.68 Å². The second-order valence-electron chi connectivity index (χ2n) is 9.35. The summed E-state index contributed by atoms with van der Waals surface area (Å²) in [4.78, 5) is -0.349. The standard InChI is InChI=1S/C25H23F4N3O3S.C3H8/c1-16(2)15-32-23-9-6-21(12-17(23)13-30-32)35-24-10-5-20(26)11-18(24)14-31-36(33,34)22-7-3-19(4-8-22)25(27,28)29;1-3-2/h3-13,16,31H,14-15H2,1-2H3;3H2,1-2H3. The van der Waals surface area contributed by atoms with E-state index >= 15 is 0 Å². The third kappa shape index (κ3) is 8.03. The summed E-state index contributed by atoms with van der Waals surface area (Å²) in [7, 11) is -4.17. The number of nitrogens with one attached hydrogen (secondary N) is 1. The summed E-state index contributed by atoms with van der Waals surface area (Å²) in [5.74, 6) is 0.485. The van der Waals surface area contributed by atoms with E-state index in [2.05, 4.69) is 37.5 Å². The fraction of sp³-hybridized carbons (Fsp3) is 0.321.